The molecule has 0 bridgehead atoms. The number of amides is 3. The number of Topliss-reactive ketones (excluding diaryl/α,β-unsaturated/α-hetero) is 1. The Labute approximate surface area is 241 Å². The number of benzene rings is 1. The van der Waals surface area contributed by atoms with Crippen LogP contribution >= 0.6 is 15.9 Å². The minimum absolute atomic E-state index is 0.0518. The number of rotatable bonds is 11. The molecule has 13 heteroatoms. The maximum absolute atomic E-state index is 13.5. The third-order valence-electron chi connectivity index (χ3n) is 6.25. The van der Waals surface area contributed by atoms with Gasteiger partial charge in [-0.15, -0.1) is 5.92 Å². The average molecular weight is 620 g/mol. The quantitative estimate of drug-likeness (QED) is 0.0932. The highest BCUT2D eigenvalue weighted by molar-refractivity contribution is 9.10. The molecule has 0 saturated carbocycles. The number of halogens is 2. The van der Waals surface area contributed by atoms with Gasteiger partial charge in [-0.05, 0) is 52.9 Å². The Morgan fingerprint density at radius 3 is 2.58 bits per heavy atom. The van der Waals surface area contributed by atoms with Gasteiger partial charge in [0.2, 0.25) is 11.8 Å². The fourth-order valence-electron chi connectivity index (χ4n) is 4.11. The molecule has 1 fully saturated rings. The Morgan fingerprint density at radius 2 is 1.95 bits per heavy atom. The Bertz CT molecular complexity index is 1250. The van der Waals surface area contributed by atoms with Gasteiger partial charge in [-0.1, -0.05) is 19.8 Å². The van der Waals surface area contributed by atoms with Crippen LogP contribution in [0.2, 0.25) is 0 Å². The third-order valence-corrected chi connectivity index (χ3v) is 6.95. The first-order valence-corrected chi connectivity index (χ1v) is 13.6. The summed E-state index contributed by atoms with van der Waals surface area (Å²) in [6.45, 7) is 2.92. The predicted molar refractivity (Wildman–Crippen MR) is 149 cm³/mol. The molecule has 1 aromatic carbocycles. The molecule has 40 heavy (non-hydrogen) atoms. The highest BCUT2D eigenvalue weighted by Crippen LogP contribution is 2.22. The van der Waals surface area contributed by atoms with E-state index in [9.17, 15) is 28.8 Å². The van der Waals surface area contributed by atoms with E-state index < -0.39 is 48.3 Å². The van der Waals surface area contributed by atoms with Gasteiger partial charge >= 0.3 is 5.96 Å². The summed E-state index contributed by atoms with van der Waals surface area (Å²) in [6, 6.07) is 3.50. The smallest absolute Gasteiger partial charge is 0.338 e. The summed E-state index contributed by atoms with van der Waals surface area (Å²) in [5.74, 6) is 2.89. The summed E-state index contributed by atoms with van der Waals surface area (Å²) >= 11 is 3.25. The molecule has 3 atom stereocenters. The molecule has 3 amide bonds. The van der Waals surface area contributed by atoms with Crippen LogP contribution in [-0.4, -0.2) is 72.3 Å². The lowest BCUT2D eigenvalue weighted by Crippen LogP contribution is -2.78. The van der Waals surface area contributed by atoms with Crippen molar-refractivity contribution in [2.75, 3.05) is 19.8 Å². The Morgan fingerprint density at radius 1 is 1.23 bits per heavy atom. The van der Waals surface area contributed by atoms with Crippen LogP contribution in [0, 0.1) is 29.1 Å². The lowest BCUT2D eigenvalue weighted by atomic mass is 10.0. The van der Waals surface area contributed by atoms with E-state index in [0.717, 1.165) is 0 Å². The number of ketones is 1. The molecule has 0 aromatic heterocycles. The summed E-state index contributed by atoms with van der Waals surface area (Å²) in [4.78, 5) is 55.8. The summed E-state index contributed by atoms with van der Waals surface area (Å²) < 4.78 is 13.7. The van der Waals surface area contributed by atoms with Crippen molar-refractivity contribution in [2.24, 2.45) is 17.4 Å². The Kier molecular flexibility index (Phi) is 12.6. The number of hydrogen-bond acceptors (Lipinski definition) is 5. The number of nitrogens with one attached hydrogen (secondary N) is 3. The number of nitriles is 1. The maximum atomic E-state index is 13.5. The summed E-state index contributed by atoms with van der Waals surface area (Å²) in [5, 5.41) is 14.5. The summed E-state index contributed by atoms with van der Waals surface area (Å²) in [7, 11) is 0. The van der Waals surface area contributed by atoms with E-state index in [0.29, 0.717) is 30.3 Å². The van der Waals surface area contributed by atoms with Crippen LogP contribution in [0.25, 0.3) is 0 Å². The molecule has 214 valence electrons. The van der Waals surface area contributed by atoms with E-state index in [4.69, 9.17) is 11.5 Å². The van der Waals surface area contributed by atoms with Gasteiger partial charge in [0.25, 0.3) is 5.91 Å². The number of nitrogens with two attached hydrogens (primary N) is 2. The van der Waals surface area contributed by atoms with Crippen LogP contribution in [0.4, 0.5) is 4.39 Å². The first kappa shape index (κ1) is 32.2. The van der Waals surface area contributed by atoms with Gasteiger partial charge < -0.3 is 15.5 Å². The lowest BCUT2D eigenvalue weighted by Gasteiger charge is -2.31. The first-order valence-electron chi connectivity index (χ1n) is 12.8. The second kappa shape index (κ2) is 15.6. The van der Waals surface area contributed by atoms with Crippen LogP contribution in [0.1, 0.15) is 55.5 Å². The van der Waals surface area contributed by atoms with Gasteiger partial charge in [0.05, 0.1) is 12.1 Å². The zero-order valence-corrected chi connectivity index (χ0v) is 24.0. The van der Waals surface area contributed by atoms with Crippen molar-refractivity contribution in [3.05, 3.63) is 33.8 Å². The van der Waals surface area contributed by atoms with Crippen LogP contribution < -0.4 is 27.1 Å². The minimum atomic E-state index is -1.27. The van der Waals surface area contributed by atoms with Gasteiger partial charge in [0.15, 0.2) is 5.78 Å². The standard InChI is InChI=1S/C27H33BrFN7O4/c1-16(2)23(35-24(38)17-9-10-19(28)18(13-17)15-30)26(40)36-12-6-8-21(36)25(39)34-20(22(37)14-29)7-4-3-5-11-33-27(31)32/h9-10,13,16,20-21,23H,5-8,11-12,14H2,1-2H3,(H,34,39)(H,35,38)(H4,31,32,33)/p+1/t20-,21?,23-/m0/s1. The van der Waals surface area contributed by atoms with E-state index in [1.54, 1.807) is 19.9 Å². The van der Waals surface area contributed by atoms with Crippen molar-refractivity contribution in [1.29, 1.82) is 5.26 Å². The van der Waals surface area contributed by atoms with Crippen molar-refractivity contribution in [1.82, 2.24) is 15.5 Å². The van der Waals surface area contributed by atoms with Crippen LogP contribution in [0.15, 0.2) is 22.7 Å². The SMILES string of the molecule is CC(C)[C@H](NC(=O)c1ccc(Br)c(C#N)c1)C(=O)N1CCCC1C(=O)N[C@@H](CC#CCC[NH+]=C(N)N)C(=O)CF. The molecule has 2 rings (SSSR count). The topological polar surface area (TPSA) is 185 Å². The van der Waals surface area contributed by atoms with E-state index in [1.807, 2.05) is 6.07 Å². The van der Waals surface area contributed by atoms with Crippen molar-refractivity contribution in [3.8, 4) is 17.9 Å². The third kappa shape index (κ3) is 9.06. The second-order valence-corrected chi connectivity index (χ2v) is 10.4. The minimum Gasteiger partial charge on any atom is -0.343 e. The fourth-order valence-corrected chi connectivity index (χ4v) is 4.45. The van der Waals surface area contributed by atoms with E-state index >= 15 is 0 Å². The molecule has 7 N–H and O–H groups in total. The molecule has 0 aliphatic carbocycles. The first-order chi connectivity index (χ1) is 19.0. The molecule has 0 spiro atoms. The monoisotopic (exact) mass is 618 g/mol. The number of carbonyl (C=O) groups excluding carboxylic acids is 4. The largest absolute Gasteiger partial charge is 0.343 e. The van der Waals surface area contributed by atoms with Crippen LogP contribution in [-0.2, 0) is 14.4 Å². The molecule has 1 aliphatic heterocycles. The highest BCUT2D eigenvalue weighted by atomic mass is 79.9. The van der Waals surface area contributed by atoms with E-state index in [1.165, 1.54) is 17.0 Å². The molecule has 0 radical (unpaired) electrons. The second-order valence-electron chi connectivity index (χ2n) is 9.54. The van der Waals surface area contributed by atoms with Crippen molar-refractivity contribution < 1.29 is 28.6 Å². The Balaban J connectivity index is 2.13. The maximum Gasteiger partial charge on any atom is 0.338 e. The van der Waals surface area contributed by atoms with Crippen molar-refractivity contribution >= 4 is 45.4 Å². The van der Waals surface area contributed by atoms with Gasteiger partial charge in [-0.3, -0.25) is 35.6 Å². The fraction of sp³-hybridized carbons (Fsp3) is 0.481. The summed E-state index contributed by atoms with van der Waals surface area (Å²) in [5.41, 5.74) is 11.1. The molecular formula is C27H34BrFN7O4+. The predicted octanol–water partition coefficient (Wildman–Crippen LogP) is -0.773. The number of nitrogens with zero attached hydrogens (tertiary/aromatic N) is 2. The molecular weight excluding hydrogens is 585 g/mol. The van der Waals surface area contributed by atoms with Crippen LogP contribution in [0.3, 0.4) is 0 Å². The highest BCUT2D eigenvalue weighted by Gasteiger charge is 2.39. The number of likely N-dealkylation sites (tertiary alicyclic amines) is 1. The molecule has 1 saturated heterocycles. The average Bonchev–Trinajstić information content (AvgIpc) is 3.42. The lowest BCUT2D eigenvalue weighted by molar-refractivity contribution is -0.457. The number of alkyl halides is 1. The molecule has 1 aliphatic rings. The van der Waals surface area contributed by atoms with Gasteiger partial charge in [-0.2, -0.15) is 5.26 Å². The number of guanidine groups is 1. The molecule has 1 aromatic rings. The molecule has 1 unspecified atom stereocenters. The zero-order chi connectivity index (χ0) is 29.8. The van der Waals surface area contributed by atoms with E-state index in [-0.39, 0.29) is 36.0 Å². The van der Waals surface area contributed by atoms with Crippen molar-refractivity contribution in [2.45, 2.75) is 57.7 Å². The van der Waals surface area contributed by atoms with Crippen molar-refractivity contribution in [3.63, 3.8) is 0 Å². The van der Waals surface area contributed by atoms with Crippen LogP contribution in [0.5, 0.6) is 0 Å². The Hall–Kier alpha value is -3.97. The molecule has 1 heterocycles. The van der Waals surface area contributed by atoms with Gasteiger partial charge in [-0.25, -0.2) is 4.39 Å². The molecule has 11 nitrogen and oxygen atoms in total. The van der Waals surface area contributed by atoms with Gasteiger partial charge in [0.1, 0.15) is 30.9 Å². The van der Waals surface area contributed by atoms with Gasteiger partial charge in [0, 0.05) is 29.4 Å². The zero-order valence-electron chi connectivity index (χ0n) is 22.4. The number of carbonyl (C=O) groups is 4. The van der Waals surface area contributed by atoms with E-state index in [2.05, 4.69) is 43.4 Å². The summed E-state index contributed by atoms with van der Waals surface area (Å²) in [6.07, 6.45) is 1.16. The normalized spacial score (nSPS) is 15.7. The number of hydrogen-bond donors (Lipinski definition) is 5.